The largest absolute Gasteiger partial charge is 0.335 e. The lowest BCUT2D eigenvalue weighted by Crippen LogP contribution is -2.48. The van der Waals surface area contributed by atoms with Crippen molar-refractivity contribution >= 4 is 28.8 Å². The van der Waals surface area contributed by atoms with Crippen LogP contribution < -0.4 is 0 Å². The zero-order valence-electron chi connectivity index (χ0n) is 15.7. The van der Waals surface area contributed by atoms with E-state index in [0.29, 0.717) is 29.4 Å². The first-order valence-electron chi connectivity index (χ1n) is 9.34. The van der Waals surface area contributed by atoms with Crippen LogP contribution in [0, 0.1) is 11.3 Å². The summed E-state index contributed by atoms with van der Waals surface area (Å²) in [6.45, 7) is 3.82. The smallest absolute Gasteiger partial charge is 0.273 e. The molecule has 0 atom stereocenters. The predicted octanol–water partition coefficient (Wildman–Crippen LogP) is 4.29. The zero-order chi connectivity index (χ0) is 20.2. The maximum absolute atomic E-state index is 12.8. The maximum atomic E-state index is 12.8. The highest BCUT2D eigenvalue weighted by molar-refractivity contribution is 7.13. The molecule has 3 aromatic rings. The molecular weight excluding hydrogens is 404 g/mol. The molecule has 4 rings (SSSR count). The second kappa shape index (κ2) is 8.75. The van der Waals surface area contributed by atoms with Gasteiger partial charge >= 0.3 is 0 Å². The lowest BCUT2D eigenvalue weighted by Gasteiger charge is -2.34. The van der Waals surface area contributed by atoms with Crippen molar-refractivity contribution in [2.75, 3.05) is 26.2 Å². The number of hydrogen-bond donors (Lipinski definition) is 0. The van der Waals surface area contributed by atoms with Crippen LogP contribution in [0.5, 0.6) is 0 Å². The molecule has 1 aliphatic heterocycles. The number of nitriles is 1. The van der Waals surface area contributed by atoms with E-state index in [1.807, 2.05) is 58.8 Å². The number of benzene rings is 2. The second-order valence-electron chi connectivity index (χ2n) is 6.93. The molecule has 7 heteroatoms. The van der Waals surface area contributed by atoms with Gasteiger partial charge < -0.3 is 4.90 Å². The molecule has 0 saturated carbocycles. The summed E-state index contributed by atoms with van der Waals surface area (Å²) >= 11 is 7.51. The van der Waals surface area contributed by atoms with Gasteiger partial charge in [0.2, 0.25) is 0 Å². The third-order valence-corrected chi connectivity index (χ3v) is 6.07. The Labute approximate surface area is 178 Å². The molecule has 1 aromatic heterocycles. The van der Waals surface area contributed by atoms with Crippen molar-refractivity contribution in [3.8, 4) is 16.6 Å². The van der Waals surface area contributed by atoms with E-state index in [4.69, 9.17) is 16.9 Å². The fourth-order valence-corrected chi connectivity index (χ4v) is 4.32. The number of aromatic nitrogens is 1. The predicted molar refractivity (Wildman–Crippen MR) is 115 cm³/mol. The van der Waals surface area contributed by atoms with Crippen LogP contribution in [-0.2, 0) is 6.54 Å². The summed E-state index contributed by atoms with van der Waals surface area (Å²) in [5.74, 6) is -0.0208. The number of thiazole rings is 1. The zero-order valence-corrected chi connectivity index (χ0v) is 17.3. The quantitative estimate of drug-likeness (QED) is 0.629. The highest BCUT2D eigenvalue weighted by Gasteiger charge is 2.24. The summed E-state index contributed by atoms with van der Waals surface area (Å²) in [5, 5.41) is 12.2. The van der Waals surface area contributed by atoms with Crippen molar-refractivity contribution in [3.63, 3.8) is 0 Å². The Bertz CT molecular complexity index is 1050. The average molecular weight is 423 g/mol. The SMILES string of the molecule is N#Cc1ccc(CN2CCN(C(=O)c3csc(-c4cccc(Cl)c4)n3)CC2)cc1. The number of carbonyl (C=O) groups excluding carboxylic acids is 1. The minimum Gasteiger partial charge on any atom is -0.335 e. The fourth-order valence-electron chi connectivity index (χ4n) is 3.34. The normalized spacial score (nSPS) is 14.6. The van der Waals surface area contributed by atoms with E-state index in [2.05, 4.69) is 16.0 Å². The Balaban J connectivity index is 1.35. The van der Waals surface area contributed by atoms with E-state index >= 15 is 0 Å². The molecule has 146 valence electrons. The standard InChI is InChI=1S/C22H19ClN4OS/c23-19-3-1-2-18(12-19)21-25-20(15-29-21)22(28)27-10-8-26(9-11-27)14-17-6-4-16(13-24)5-7-17/h1-7,12,15H,8-11,14H2. The van der Waals surface area contributed by atoms with Crippen LogP contribution in [0.1, 0.15) is 21.6 Å². The van der Waals surface area contributed by atoms with Gasteiger partial charge in [0.25, 0.3) is 5.91 Å². The Morgan fingerprint density at radius 2 is 1.90 bits per heavy atom. The topological polar surface area (TPSA) is 60.2 Å². The second-order valence-corrected chi connectivity index (χ2v) is 8.22. The van der Waals surface area contributed by atoms with Gasteiger partial charge in [-0.1, -0.05) is 35.9 Å². The molecule has 1 amide bonds. The van der Waals surface area contributed by atoms with Crippen LogP contribution in [0.2, 0.25) is 5.02 Å². The van der Waals surface area contributed by atoms with Gasteiger partial charge in [-0.05, 0) is 29.8 Å². The molecule has 2 heterocycles. The lowest BCUT2D eigenvalue weighted by molar-refractivity contribution is 0.0623. The van der Waals surface area contributed by atoms with E-state index in [0.717, 1.165) is 30.2 Å². The molecule has 0 unspecified atom stereocenters. The van der Waals surface area contributed by atoms with Crippen LogP contribution in [0.3, 0.4) is 0 Å². The van der Waals surface area contributed by atoms with Crippen molar-refractivity contribution in [2.24, 2.45) is 0 Å². The first-order chi connectivity index (χ1) is 14.1. The number of rotatable bonds is 4. The Morgan fingerprint density at radius 3 is 2.59 bits per heavy atom. The van der Waals surface area contributed by atoms with Gasteiger partial charge in [-0.3, -0.25) is 9.69 Å². The summed E-state index contributed by atoms with van der Waals surface area (Å²) in [6.07, 6.45) is 0. The molecule has 0 bridgehead atoms. The van der Waals surface area contributed by atoms with Gasteiger partial charge in [0.1, 0.15) is 10.7 Å². The molecule has 0 aliphatic carbocycles. The van der Waals surface area contributed by atoms with Gasteiger partial charge in [-0.25, -0.2) is 4.98 Å². The van der Waals surface area contributed by atoms with Gasteiger partial charge in [0, 0.05) is 48.7 Å². The van der Waals surface area contributed by atoms with Crippen LogP contribution in [0.25, 0.3) is 10.6 Å². The van der Waals surface area contributed by atoms with E-state index in [1.165, 1.54) is 16.9 Å². The minimum atomic E-state index is -0.0208. The molecule has 2 aromatic carbocycles. The molecule has 5 nitrogen and oxygen atoms in total. The van der Waals surface area contributed by atoms with Crippen molar-refractivity contribution in [1.29, 1.82) is 5.26 Å². The molecule has 0 spiro atoms. The van der Waals surface area contributed by atoms with Crippen LogP contribution in [-0.4, -0.2) is 46.9 Å². The molecule has 1 aliphatic rings. The average Bonchev–Trinajstić information content (AvgIpc) is 3.25. The minimum absolute atomic E-state index is 0.0208. The monoisotopic (exact) mass is 422 g/mol. The number of hydrogen-bond acceptors (Lipinski definition) is 5. The third kappa shape index (κ3) is 4.65. The first kappa shape index (κ1) is 19.6. The van der Waals surface area contributed by atoms with Crippen molar-refractivity contribution in [1.82, 2.24) is 14.8 Å². The lowest BCUT2D eigenvalue weighted by atomic mass is 10.1. The summed E-state index contributed by atoms with van der Waals surface area (Å²) in [6, 6.07) is 17.3. The summed E-state index contributed by atoms with van der Waals surface area (Å²) in [5.41, 5.74) is 3.26. The van der Waals surface area contributed by atoms with Crippen molar-refractivity contribution in [3.05, 3.63) is 75.8 Å². The van der Waals surface area contributed by atoms with Crippen LogP contribution >= 0.6 is 22.9 Å². The van der Waals surface area contributed by atoms with Crippen molar-refractivity contribution < 1.29 is 4.79 Å². The molecule has 0 N–H and O–H groups in total. The summed E-state index contributed by atoms with van der Waals surface area (Å²) in [7, 11) is 0. The fraction of sp³-hybridized carbons (Fsp3) is 0.227. The Hall–Kier alpha value is -2.72. The highest BCUT2D eigenvalue weighted by atomic mass is 35.5. The molecule has 29 heavy (non-hydrogen) atoms. The van der Waals surface area contributed by atoms with Crippen molar-refractivity contribution in [2.45, 2.75) is 6.54 Å². The third-order valence-electron chi connectivity index (χ3n) is 4.94. The van der Waals surface area contributed by atoms with Crippen LogP contribution in [0.15, 0.2) is 53.9 Å². The number of halogens is 1. The Morgan fingerprint density at radius 1 is 1.14 bits per heavy atom. The maximum Gasteiger partial charge on any atom is 0.273 e. The molecule has 1 fully saturated rings. The number of carbonyl (C=O) groups is 1. The van der Waals surface area contributed by atoms with E-state index in [9.17, 15) is 4.79 Å². The first-order valence-corrected chi connectivity index (χ1v) is 10.6. The van der Waals surface area contributed by atoms with Gasteiger partial charge in [0.05, 0.1) is 11.6 Å². The summed E-state index contributed by atoms with van der Waals surface area (Å²) in [4.78, 5) is 21.6. The van der Waals surface area contributed by atoms with E-state index in [1.54, 1.807) is 0 Å². The molecule has 0 radical (unpaired) electrons. The van der Waals surface area contributed by atoms with Crippen LogP contribution in [0.4, 0.5) is 0 Å². The van der Waals surface area contributed by atoms with Gasteiger partial charge in [0.15, 0.2) is 0 Å². The van der Waals surface area contributed by atoms with Gasteiger partial charge in [-0.2, -0.15) is 5.26 Å². The summed E-state index contributed by atoms with van der Waals surface area (Å²) < 4.78 is 0. The molecule has 1 saturated heterocycles. The Kier molecular flexibility index (Phi) is 5.91. The number of nitrogens with zero attached hydrogens (tertiary/aromatic N) is 4. The number of amides is 1. The molecular formula is C22H19ClN4OS. The van der Waals surface area contributed by atoms with Gasteiger partial charge in [-0.15, -0.1) is 11.3 Å². The number of piperazine rings is 1. The highest BCUT2D eigenvalue weighted by Crippen LogP contribution is 2.26. The van der Waals surface area contributed by atoms with E-state index in [-0.39, 0.29) is 5.91 Å². The van der Waals surface area contributed by atoms with E-state index < -0.39 is 0 Å².